The van der Waals surface area contributed by atoms with Gasteiger partial charge in [0.15, 0.2) is 0 Å². The van der Waals surface area contributed by atoms with Gasteiger partial charge in [0.25, 0.3) is 0 Å². The summed E-state index contributed by atoms with van der Waals surface area (Å²) < 4.78 is 0. The van der Waals surface area contributed by atoms with Crippen LogP contribution in [-0.4, -0.2) is 25.5 Å². The van der Waals surface area contributed by atoms with Crippen LogP contribution in [-0.2, 0) is 11.2 Å². The summed E-state index contributed by atoms with van der Waals surface area (Å²) in [5.74, 6) is 0.147. The SMILES string of the molecule is CCN(C(=O)CCNCCc1cccc(Cl)c1)c1ccccc1. The van der Waals surface area contributed by atoms with E-state index >= 15 is 0 Å². The number of hydrogen-bond donors (Lipinski definition) is 1. The quantitative estimate of drug-likeness (QED) is 0.744. The standard InChI is InChI=1S/C19H23ClN2O/c1-2-22(18-9-4-3-5-10-18)19(23)12-14-21-13-11-16-7-6-8-17(20)15-16/h3-10,15,21H,2,11-14H2,1H3. The van der Waals surface area contributed by atoms with Crippen molar-refractivity contribution in [2.45, 2.75) is 19.8 Å². The molecule has 0 aliphatic rings. The Kier molecular flexibility index (Phi) is 7.11. The van der Waals surface area contributed by atoms with Crippen LogP contribution >= 0.6 is 11.6 Å². The first kappa shape index (κ1) is 17.5. The van der Waals surface area contributed by atoms with E-state index in [4.69, 9.17) is 11.6 Å². The maximum absolute atomic E-state index is 12.3. The molecule has 0 unspecified atom stereocenters. The van der Waals surface area contributed by atoms with Gasteiger partial charge in [-0.3, -0.25) is 4.79 Å². The second-order valence-electron chi connectivity index (χ2n) is 5.35. The molecule has 1 amide bonds. The van der Waals surface area contributed by atoms with E-state index < -0.39 is 0 Å². The van der Waals surface area contributed by atoms with Crippen molar-refractivity contribution in [1.29, 1.82) is 0 Å². The molecule has 0 aromatic heterocycles. The Bertz CT molecular complexity index is 616. The third-order valence-corrected chi connectivity index (χ3v) is 3.92. The van der Waals surface area contributed by atoms with E-state index in [1.807, 2.05) is 60.4 Å². The molecule has 1 N–H and O–H groups in total. The number of nitrogens with zero attached hydrogens (tertiary/aromatic N) is 1. The molecule has 0 fully saturated rings. The van der Waals surface area contributed by atoms with Gasteiger partial charge in [0.2, 0.25) is 5.91 Å². The van der Waals surface area contributed by atoms with Crippen LogP contribution in [0.5, 0.6) is 0 Å². The van der Waals surface area contributed by atoms with Gasteiger partial charge < -0.3 is 10.2 Å². The minimum atomic E-state index is 0.147. The van der Waals surface area contributed by atoms with Crippen molar-refractivity contribution in [2.24, 2.45) is 0 Å². The van der Waals surface area contributed by atoms with Crippen LogP contribution in [0, 0.1) is 0 Å². The number of halogens is 1. The molecule has 0 bridgehead atoms. The molecule has 0 radical (unpaired) electrons. The van der Waals surface area contributed by atoms with E-state index in [1.54, 1.807) is 0 Å². The number of anilines is 1. The minimum absolute atomic E-state index is 0.147. The summed E-state index contributed by atoms with van der Waals surface area (Å²) >= 11 is 5.96. The highest BCUT2D eigenvalue weighted by Gasteiger charge is 2.12. The summed E-state index contributed by atoms with van der Waals surface area (Å²) in [5, 5.41) is 4.09. The highest BCUT2D eigenvalue weighted by molar-refractivity contribution is 6.30. The molecule has 2 rings (SSSR count). The number of benzene rings is 2. The molecule has 0 atom stereocenters. The van der Waals surface area contributed by atoms with Gasteiger partial charge in [-0.2, -0.15) is 0 Å². The molecular formula is C19H23ClN2O. The molecule has 4 heteroatoms. The fourth-order valence-corrected chi connectivity index (χ4v) is 2.70. The van der Waals surface area contributed by atoms with E-state index in [1.165, 1.54) is 5.56 Å². The summed E-state index contributed by atoms with van der Waals surface area (Å²) in [5.41, 5.74) is 2.16. The van der Waals surface area contributed by atoms with Crippen LogP contribution < -0.4 is 10.2 Å². The number of rotatable bonds is 8. The van der Waals surface area contributed by atoms with Gasteiger partial charge in [0, 0.05) is 30.2 Å². The van der Waals surface area contributed by atoms with Crippen molar-refractivity contribution in [3.63, 3.8) is 0 Å². The van der Waals surface area contributed by atoms with Crippen LogP contribution in [0.15, 0.2) is 54.6 Å². The summed E-state index contributed by atoms with van der Waals surface area (Å²) in [6.07, 6.45) is 1.41. The van der Waals surface area contributed by atoms with Crippen molar-refractivity contribution in [2.75, 3.05) is 24.5 Å². The van der Waals surface area contributed by atoms with Crippen LogP contribution in [0.4, 0.5) is 5.69 Å². The minimum Gasteiger partial charge on any atom is -0.316 e. The van der Waals surface area contributed by atoms with E-state index in [-0.39, 0.29) is 5.91 Å². The predicted molar refractivity (Wildman–Crippen MR) is 97.1 cm³/mol. The van der Waals surface area contributed by atoms with Gasteiger partial charge in [0.1, 0.15) is 0 Å². The second kappa shape index (κ2) is 9.33. The Labute approximate surface area is 143 Å². The largest absolute Gasteiger partial charge is 0.316 e. The second-order valence-corrected chi connectivity index (χ2v) is 5.79. The van der Waals surface area contributed by atoms with Crippen LogP contribution in [0.3, 0.4) is 0 Å². The topological polar surface area (TPSA) is 32.3 Å². The predicted octanol–water partition coefficient (Wildman–Crippen LogP) is 3.92. The highest BCUT2D eigenvalue weighted by atomic mass is 35.5. The van der Waals surface area contributed by atoms with Gasteiger partial charge >= 0.3 is 0 Å². The normalized spacial score (nSPS) is 10.5. The molecule has 3 nitrogen and oxygen atoms in total. The Hall–Kier alpha value is -1.84. The first-order valence-corrected chi connectivity index (χ1v) is 8.39. The van der Waals surface area contributed by atoms with Crippen LogP contribution in [0.25, 0.3) is 0 Å². The van der Waals surface area contributed by atoms with Crippen molar-refractivity contribution in [3.05, 3.63) is 65.2 Å². The van der Waals surface area contributed by atoms with E-state index in [0.717, 1.165) is 23.7 Å². The fraction of sp³-hybridized carbons (Fsp3) is 0.316. The third kappa shape index (κ3) is 5.70. The lowest BCUT2D eigenvalue weighted by Gasteiger charge is -2.21. The van der Waals surface area contributed by atoms with E-state index in [9.17, 15) is 4.79 Å². The zero-order valence-electron chi connectivity index (χ0n) is 13.5. The lowest BCUT2D eigenvalue weighted by atomic mass is 10.1. The van der Waals surface area contributed by atoms with Gasteiger partial charge in [0.05, 0.1) is 0 Å². The average molecular weight is 331 g/mol. The molecule has 23 heavy (non-hydrogen) atoms. The van der Waals surface area contributed by atoms with Gasteiger partial charge in [-0.1, -0.05) is 41.9 Å². The third-order valence-electron chi connectivity index (χ3n) is 3.68. The number of carbonyl (C=O) groups is 1. The zero-order chi connectivity index (χ0) is 16.5. The monoisotopic (exact) mass is 330 g/mol. The lowest BCUT2D eigenvalue weighted by molar-refractivity contribution is -0.118. The van der Waals surface area contributed by atoms with Crippen molar-refractivity contribution in [1.82, 2.24) is 5.32 Å². The zero-order valence-corrected chi connectivity index (χ0v) is 14.2. The summed E-state index contributed by atoms with van der Waals surface area (Å²) in [7, 11) is 0. The smallest absolute Gasteiger partial charge is 0.228 e. The molecule has 0 spiro atoms. The molecule has 0 heterocycles. The number of amides is 1. The average Bonchev–Trinajstić information content (AvgIpc) is 2.56. The maximum atomic E-state index is 12.3. The van der Waals surface area contributed by atoms with Crippen LogP contribution in [0.2, 0.25) is 5.02 Å². The fourth-order valence-electron chi connectivity index (χ4n) is 2.49. The van der Waals surface area contributed by atoms with Crippen molar-refractivity contribution >= 4 is 23.2 Å². The first-order chi connectivity index (χ1) is 11.2. The Balaban J connectivity index is 1.72. The number of nitrogens with one attached hydrogen (secondary N) is 1. The molecule has 2 aromatic carbocycles. The number of carbonyl (C=O) groups excluding carboxylic acids is 1. The van der Waals surface area contributed by atoms with Gasteiger partial charge in [-0.15, -0.1) is 0 Å². The Morgan fingerprint density at radius 2 is 1.87 bits per heavy atom. The summed E-state index contributed by atoms with van der Waals surface area (Å²) in [6, 6.07) is 17.7. The maximum Gasteiger partial charge on any atom is 0.228 e. The highest BCUT2D eigenvalue weighted by Crippen LogP contribution is 2.14. The lowest BCUT2D eigenvalue weighted by Crippen LogP contribution is -2.33. The number of para-hydroxylation sites is 1. The first-order valence-electron chi connectivity index (χ1n) is 8.01. The van der Waals surface area contributed by atoms with Crippen LogP contribution in [0.1, 0.15) is 18.9 Å². The molecule has 0 saturated carbocycles. The molecular weight excluding hydrogens is 308 g/mol. The Morgan fingerprint density at radius 3 is 2.57 bits per heavy atom. The van der Waals surface area contributed by atoms with Gasteiger partial charge in [-0.25, -0.2) is 0 Å². The van der Waals surface area contributed by atoms with E-state index in [2.05, 4.69) is 11.4 Å². The van der Waals surface area contributed by atoms with Gasteiger partial charge in [-0.05, 0) is 49.7 Å². The number of hydrogen-bond acceptors (Lipinski definition) is 2. The molecule has 0 aliphatic carbocycles. The molecule has 0 saturated heterocycles. The molecule has 0 aliphatic heterocycles. The summed E-state index contributed by atoms with van der Waals surface area (Å²) in [6.45, 7) is 4.21. The van der Waals surface area contributed by atoms with Crippen molar-refractivity contribution < 1.29 is 4.79 Å². The summed E-state index contributed by atoms with van der Waals surface area (Å²) in [4.78, 5) is 14.1. The molecule has 122 valence electrons. The Morgan fingerprint density at radius 1 is 1.09 bits per heavy atom. The van der Waals surface area contributed by atoms with E-state index in [0.29, 0.717) is 19.5 Å². The van der Waals surface area contributed by atoms with Crippen molar-refractivity contribution in [3.8, 4) is 0 Å². The molecule has 2 aromatic rings.